The highest BCUT2D eigenvalue weighted by Crippen LogP contribution is 2.49. The molecule has 228 valence electrons. The van der Waals surface area contributed by atoms with Crippen LogP contribution in [0, 0.1) is 36.5 Å². The van der Waals surface area contributed by atoms with Crippen LogP contribution in [-0.4, -0.2) is 33.0 Å². The van der Waals surface area contributed by atoms with Crippen molar-refractivity contribution < 1.29 is 9.53 Å². The largest absolute Gasteiger partial charge is 0.469 e. The number of hydrogen-bond donors (Lipinski definition) is 2. The topological polar surface area (TPSA) is 131 Å². The third-order valence-electron chi connectivity index (χ3n) is 10.0. The zero-order chi connectivity index (χ0) is 32.2. The molecule has 0 spiro atoms. The number of carbonyl (C=O) groups is 1. The zero-order valence-corrected chi connectivity index (χ0v) is 27.0. The number of aromatic amines is 2. The molecule has 45 heavy (non-hydrogen) atoms. The Morgan fingerprint density at radius 1 is 0.956 bits per heavy atom. The van der Waals surface area contributed by atoms with Gasteiger partial charge in [-0.05, 0) is 91.6 Å². The number of rotatable bonds is 5. The molecule has 0 saturated heterocycles. The number of nitrogens with one attached hydrogen (secondary N) is 2. The molecule has 8 heteroatoms. The maximum Gasteiger partial charge on any atom is 0.305 e. The second-order valence-corrected chi connectivity index (χ2v) is 12.3. The summed E-state index contributed by atoms with van der Waals surface area (Å²) in [6, 6.07) is 10.7. The molecule has 2 N–H and O–H groups in total. The van der Waals surface area contributed by atoms with Gasteiger partial charge in [-0.1, -0.05) is 20.8 Å². The van der Waals surface area contributed by atoms with E-state index in [1.807, 2.05) is 6.92 Å². The Bertz CT molecular complexity index is 2080. The van der Waals surface area contributed by atoms with Crippen molar-refractivity contribution in [3.63, 3.8) is 0 Å². The molecule has 0 radical (unpaired) electrons. The number of hydrogen-bond acceptors (Lipinski definition) is 6. The predicted octanol–water partition coefficient (Wildman–Crippen LogP) is 7.73. The van der Waals surface area contributed by atoms with Crippen LogP contribution in [0.4, 0.5) is 0 Å². The van der Waals surface area contributed by atoms with Gasteiger partial charge in [0.05, 0.1) is 24.2 Å². The lowest BCUT2D eigenvalue weighted by Crippen LogP contribution is -2.09. The molecule has 8 nitrogen and oxygen atoms in total. The lowest BCUT2D eigenvalue weighted by atomic mass is 9.85. The number of ether oxygens (including phenoxy) is 1. The van der Waals surface area contributed by atoms with Gasteiger partial charge in [-0.3, -0.25) is 9.78 Å². The van der Waals surface area contributed by atoms with Crippen molar-refractivity contribution in [3.8, 4) is 12.1 Å². The van der Waals surface area contributed by atoms with Crippen molar-refractivity contribution in [2.75, 3.05) is 7.11 Å². The number of carbonyl (C=O) groups excluding carboxylic acids is 1. The fourth-order valence-corrected chi connectivity index (χ4v) is 7.44. The van der Waals surface area contributed by atoms with E-state index in [-0.39, 0.29) is 29.8 Å². The standard InChI is InChI=1S/C37H38N6O2/c1-8-23-18(3)28-13-30-20(5)25(10-11-34(44)45-7)36(42-30)27-12-26(22(16-38)17-39)35-21(6)31(43-37(27)35)15-33-24(9-2)19(4)29(41-33)14-32(23)40-28/h13-15,20,25,40-41H,8-12H2,1-7H3/t20-,25-/m0/s1. The molecule has 8 bridgehead atoms. The van der Waals surface area contributed by atoms with Crippen molar-refractivity contribution in [1.29, 1.82) is 10.5 Å². The van der Waals surface area contributed by atoms with Gasteiger partial charge in [0.15, 0.2) is 0 Å². The molecule has 3 aromatic rings. The Hall–Kier alpha value is -4.95. The summed E-state index contributed by atoms with van der Waals surface area (Å²) >= 11 is 0. The Kier molecular flexibility index (Phi) is 7.70. The number of aromatic nitrogens is 4. The van der Waals surface area contributed by atoms with E-state index < -0.39 is 0 Å². The van der Waals surface area contributed by atoms with Gasteiger partial charge >= 0.3 is 5.97 Å². The molecule has 0 amide bonds. The van der Waals surface area contributed by atoms with Crippen molar-refractivity contribution in [1.82, 2.24) is 19.9 Å². The molecule has 2 aliphatic heterocycles. The van der Waals surface area contributed by atoms with Crippen LogP contribution < -0.4 is 0 Å². The number of aryl methyl sites for hydroxylation is 4. The number of nitrogens with zero attached hydrogens (tertiary/aromatic N) is 4. The van der Waals surface area contributed by atoms with Gasteiger partial charge in [0.25, 0.3) is 0 Å². The van der Waals surface area contributed by atoms with Crippen LogP contribution in [0.5, 0.6) is 0 Å². The van der Waals surface area contributed by atoms with Crippen molar-refractivity contribution in [2.45, 2.75) is 85.5 Å². The van der Waals surface area contributed by atoms with Crippen LogP contribution in [0.15, 0.2) is 29.3 Å². The second kappa shape index (κ2) is 11.5. The first-order chi connectivity index (χ1) is 21.6. The fraction of sp³-hybridized carbons (Fsp3) is 0.378. The monoisotopic (exact) mass is 598 g/mol. The number of fused-ring (bicyclic) bond motifs is 8. The van der Waals surface area contributed by atoms with E-state index in [4.69, 9.17) is 14.7 Å². The van der Waals surface area contributed by atoms with Gasteiger partial charge < -0.3 is 14.7 Å². The minimum Gasteiger partial charge on any atom is -0.469 e. The lowest BCUT2D eigenvalue weighted by molar-refractivity contribution is -0.140. The Labute approximate surface area is 263 Å². The smallest absolute Gasteiger partial charge is 0.305 e. The summed E-state index contributed by atoms with van der Waals surface area (Å²) < 4.78 is 5.00. The zero-order valence-electron chi connectivity index (χ0n) is 27.0. The highest BCUT2D eigenvalue weighted by molar-refractivity contribution is 6.04. The molecule has 6 rings (SSSR count). The Morgan fingerprint density at radius 2 is 1.58 bits per heavy atom. The van der Waals surface area contributed by atoms with Gasteiger partial charge in [0, 0.05) is 63.6 Å². The molecule has 1 aliphatic carbocycles. The van der Waals surface area contributed by atoms with E-state index >= 15 is 0 Å². The summed E-state index contributed by atoms with van der Waals surface area (Å²) in [5.41, 5.74) is 16.0. The number of nitriles is 2. The average molecular weight is 599 g/mol. The molecular weight excluding hydrogens is 560 g/mol. The second-order valence-electron chi connectivity index (χ2n) is 12.3. The summed E-state index contributed by atoms with van der Waals surface area (Å²) in [5, 5.41) is 19.9. The molecule has 3 aromatic heterocycles. The SMILES string of the molecule is CCc1c(C)c2cc3[nH]c(cc4nc(c5c6nc(cc1[nH]2)C(C)=C6C(=C(C#N)C#N)C5)[C@@H](CCC(=O)OC)[C@@H]4C)c(C)c3CC. The van der Waals surface area contributed by atoms with Gasteiger partial charge in [-0.2, -0.15) is 10.5 Å². The number of H-pyrrole nitrogens is 2. The normalized spacial score (nSPS) is 17.0. The first-order valence-electron chi connectivity index (χ1n) is 15.7. The maximum absolute atomic E-state index is 12.3. The molecule has 0 saturated carbocycles. The van der Waals surface area contributed by atoms with Crippen LogP contribution in [0.3, 0.4) is 0 Å². The highest BCUT2D eigenvalue weighted by atomic mass is 16.5. The van der Waals surface area contributed by atoms with E-state index in [1.54, 1.807) is 0 Å². The molecule has 0 aromatic carbocycles. The van der Waals surface area contributed by atoms with Crippen molar-refractivity contribution in [2.24, 2.45) is 0 Å². The number of methoxy groups -OCH3 is 1. The molecule has 2 atom stereocenters. The van der Waals surface area contributed by atoms with Gasteiger partial charge in [-0.25, -0.2) is 4.98 Å². The summed E-state index contributed by atoms with van der Waals surface area (Å²) in [6.07, 6.45) is 2.97. The van der Waals surface area contributed by atoms with Crippen LogP contribution >= 0.6 is 0 Å². The maximum atomic E-state index is 12.3. The first kappa shape index (κ1) is 30.1. The first-order valence-corrected chi connectivity index (χ1v) is 15.7. The summed E-state index contributed by atoms with van der Waals surface area (Å²) in [7, 11) is 1.41. The predicted molar refractivity (Wildman–Crippen MR) is 176 cm³/mol. The third-order valence-corrected chi connectivity index (χ3v) is 10.0. The fourth-order valence-electron chi connectivity index (χ4n) is 7.44. The van der Waals surface area contributed by atoms with Crippen LogP contribution in [0.25, 0.3) is 33.2 Å². The quantitative estimate of drug-likeness (QED) is 0.228. The summed E-state index contributed by atoms with van der Waals surface area (Å²) in [4.78, 5) is 30.2. The van der Waals surface area contributed by atoms with Gasteiger partial charge in [0.1, 0.15) is 17.7 Å². The summed E-state index contributed by atoms with van der Waals surface area (Å²) in [6.45, 7) is 12.8. The van der Waals surface area contributed by atoms with E-state index in [0.717, 1.165) is 74.4 Å². The number of allylic oxidation sites excluding steroid dienone is 4. The van der Waals surface area contributed by atoms with E-state index in [2.05, 4.69) is 74.9 Å². The van der Waals surface area contributed by atoms with E-state index in [0.29, 0.717) is 18.4 Å². The van der Waals surface area contributed by atoms with Crippen molar-refractivity contribution >= 4 is 39.2 Å². The molecule has 3 aliphatic rings. The average Bonchev–Trinajstić information content (AvgIpc) is 3.79. The van der Waals surface area contributed by atoms with Gasteiger partial charge in [-0.15, -0.1) is 0 Å². The molecular formula is C37H38N6O2. The summed E-state index contributed by atoms with van der Waals surface area (Å²) in [5.74, 6) is -0.291. The van der Waals surface area contributed by atoms with Gasteiger partial charge in [0.2, 0.25) is 0 Å². The Balaban J connectivity index is 1.79. The Morgan fingerprint density at radius 3 is 2.18 bits per heavy atom. The highest BCUT2D eigenvalue weighted by Gasteiger charge is 2.38. The van der Waals surface area contributed by atoms with Crippen molar-refractivity contribution in [3.05, 3.63) is 79.9 Å². The molecule has 0 unspecified atom stereocenters. The van der Waals surface area contributed by atoms with E-state index in [9.17, 15) is 15.3 Å². The lowest BCUT2D eigenvalue weighted by Gasteiger charge is -2.16. The minimum atomic E-state index is -0.259. The van der Waals surface area contributed by atoms with Crippen LogP contribution in [-0.2, 0) is 28.8 Å². The van der Waals surface area contributed by atoms with Crippen LogP contribution in [0.1, 0.15) is 103 Å². The minimum absolute atomic E-state index is 0.0259. The number of esters is 1. The molecule has 0 fully saturated rings. The van der Waals surface area contributed by atoms with Crippen LogP contribution in [0.2, 0.25) is 0 Å². The van der Waals surface area contributed by atoms with E-state index in [1.165, 1.54) is 29.4 Å². The third kappa shape index (κ3) is 4.77. The molecule has 5 heterocycles.